The maximum Gasteiger partial charge on any atom is 0.199 e. The van der Waals surface area contributed by atoms with Crippen molar-refractivity contribution in [2.24, 2.45) is 20.9 Å². The van der Waals surface area contributed by atoms with Crippen LogP contribution in [0.3, 0.4) is 0 Å². The maximum atomic E-state index is 5.03. The number of amidine groups is 1. The van der Waals surface area contributed by atoms with Crippen molar-refractivity contribution in [3.63, 3.8) is 0 Å². The van der Waals surface area contributed by atoms with Gasteiger partial charge < -0.3 is 5.73 Å². The first-order valence-corrected chi connectivity index (χ1v) is 3.58. The van der Waals surface area contributed by atoms with Gasteiger partial charge in [-0.15, -0.1) is 10.2 Å². The Balaban J connectivity index is 2.98. The zero-order valence-corrected chi connectivity index (χ0v) is 6.96. The molecule has 0 atom stereocenters. The highest BCUT2D eigenvalue weighted by molar-refractivity contribution is 5.99. The predicted molar refractivity (Wildman–Crippen MR) is 53.0 cm³/mol. The SMILES string of the molecule is C=N/C(=N\N=C/N)c1ccccn1. The van der Waals surface area contributed by atoms with Crippen molar-refractivity contribution < 1.29 is 0 Å². The molecule has 0 saturated heterocycles. The molecule has 0 aliphatic rings. The molecule has 0 aliphatic heterocycles. The lowest BCUT2D eigenvalue weighted by Crippen LogP contribution is -1.99. The average Bonchev–Trinajstić information content (AvgIpc) is 2.21. The Morgan fingerprint density at radius 1 is 1.54 bits per heavy atom. The Morgan fingerprint density at radius 3 is 2.92 bits per heavy atom. The number of hydrogen-bond acceptors (Lipinski definition) is 3. The quantitative estimate of drug-likeness (QED) is 0.402. The summed E-state index contributed by atoms with van der Waals surface area (Å²) < 4.78 is 0. The van der Waals surface area contributed by atoms with Crippen LogP contribution in [-0.4, -0.2) is 23.9 Å². The molecule has 1 aromatic heterocycles. The van der Waals surface area contributed by atoms with Crippen LogP contribution in [0.25, 0.3) is 0 Å². The Morgan fingerprint density at radius 2 is 2.38 bits per heavy atom. The normalized spacial score (nSPS) is 11.8. The molecule has 1 heterocycles. The molecule has 0 radical (unpaired) electrons. The predicted octanol–water partition coefficient (Wildman–Crippen LogP) is 0.431. The summed E-state index contributed by atoms with van der Waals surface area (Å²) in [5.74, 6) is 0.349. The van der Waals surface area contributed by atoms with Crippen molar-refractivity contribution in [2.45, 2.75) is 0 Å². The van der Waals surface area contributed by atoms with E-state index in [1.54, 1.807) is 18.3 Å². The summed E-state index contributed by atoms with van der Waals surface area (Å²) in [6.45, 7) is 3.35. The first-order valence-electron chi connectivity index (χ1n) is 3.58. The largest absolute Gasteiger partial charge is 0.388 e. The number of rotatable bonds is 2. The Bertz CT molecular complexity index is 328. The Kier molecular flexibility index (Phi) is 3.31. The van der Waals surface area contributed by atoms with Gasteiger partial charge in [0.05, 0.1) is 0 Å². The number of pyridine rings is 1. The second kappa shape index (κ2) is 4.76. The molecule has 0 aliphatic carbocycles. The van der Waals surface area contributed by atoms with Crippen LogP contribution >= 0.6 is 0 Å². The van der Waals surface area contributed by atoms with E-state index in [4.69, 9.17) is 5.73 Å². The molecule has 5 nitrogen and oxygen atoms in total. The van der Waals surface area contributed by atoms with Gasteiger partial charge in [0.25, 0.3) is 0 Å². The van der Waals surface area contributed by atoms with Crippen molar-refractivity contribution in [2.75, 3.05) is 0 Å². The third-order valence-electron chi connectivity index (χ3n) is 1.26. The topological polar surface area (TPSA) is 76.0 Å². The molecule has 1 rings (SSSR count). The molecule has 0 bridgehead atoms. The number of aliphatic imine (C=N–C) groups is 1. The van der Waals surface area contributed by atoms with Crippen molar-refractivity contribution in [1.29, 1.82) is 0 Å². The fraction of sp³-hybridized carbons (Fsp3) is 0. The van der Waals surface area contributed by atoms with E-state index in [1.807, 2.05) is 6.07 Å². The van der Waals surface area contributed by atoms with Crippen molar-refractivity contribution in [3.8, 4) is 0 Å². The van der Waals surface area contributed by atoms with E-state index in [9.17, 15) is 0 Å². The number of aromatic nitrogens is 1. The molecule has 0 saturated carbocycles. The van der Waals surface area contributed by atoms with Crippen LogP contribution in [0, 0.1) is 0 Å². The van der Waals surface area contributed by atoms with Gasteiger partial charge in [0, 0.05) is 6.20 Å². The van der Waals surface area contributed by atoms with Gasteiger partial charge in [0.1, 0.15) is 12.0 Å². The van der Waals surface area contributed by atoms with Gasteiger partial charge in [0.2, 0.25) is 0 Å². The molecule has 66 valence electrons. The van der Waals surface area contributed by atoms with Crippen molar-refractivity contribution in [3.05, 3.63) is 30.1 Å². The lowest BCUT2D eigenvalue weighted by atomic mass is 10.3. The first kappa shape index (κ1) is 9.05. The van der Waals surface area contributed by atoms with E-state index in [0.29, 0.717) is 11.5 Å². The summed E-state index contributed by atoms with van der Waals surface area (Å²) in [5.41, 5.74) is 5.64. The van der Waals surface area contributed by atoms with Gasteiger partial charge in [0.15, 0.2) is 5.84 Å². The molecular formula is C8H9N5. The van der Waals surface area contributed by atoms with E-state index in [1.165, 1.54) is 0 Å². The number of nitrogens with two attached hydrogens (primary N) is 1. The van der Waals surface area contributed by atoms with Crippen LogP contribution in [0.15, 0.2) is 39.6 Å². The smallest absolute Gasteiger partial charge is 0.199 e. The summed E-state index contributed by atoms with van der Waals surface area (Å²) in [5, 5.41) is 7.19. The first-order chi connectivity index (χ1) is 6.38. The van der Waals surface area contributed by atoms with Crippen LogP contribution in [0.4, 0.5) is 0 Å². The summed E-state index contributed by atoms with van der Waals surface area (Å²) in [7, 11) is 0. The molecular weight excluding hydrogens is 166 g/mol. The summed E-state index contributed by atoms with van der Waals surface area (Å²) in [4.78, 5) is 7.69. The number of hydrogen-bond donors (Lipinski definition) is 1. The molecule has 0 spiro atoms. The zero-order valence-electron chi connectivity index (χ0n) is 6.96. The molecule has 0 fully saturated rings. The van der Waals surface area contributed by atoms with Crippen LogP contribution in [0.5, 0.6) is 0 Å². The second-order valence-electron chi connectivity index (χ2n) is 2.06. The highest BCUT2D eigenvalue weighted by Gasteiger charge is 1.99. The van der Waals surface area contributed by atoms with Crippen LogP contribution in [-0.2, 0) is 0 Å². The third-order valence-corrected chi connectivity index (χ3v) is 1.26. The van der Waals surface area contributed by atoms with E-state index < -0.39 is 0 Å². The standard InChI is InChI=1S/C8H9N5/c1-10-8(13-12-6-9)7-4-2-3-5-11-7/h2-6H,1H2,(H2,9,12)/b13-8-. The van der Waals surface area contributed by atoms with Crippen LogP contribution in [0.2, 0.25) is 0 Å². The van der Waals surface area contributed by atoms with Crippen molar-refractivity contribution in [1.82, 2.24) is 4.98 Å². The fourth-order valence-electron chi connectivity index (χ4n) is 0.747. The highest BCUT2D eigenvalue weighted by Crippen LogP contribution is 1.97. The lowest BCUT2D eigenvalue weighted by molar-refractivity contribution is 1.19. The molecule has 2 N–H and O–H groups in total. The van der Waals surface area contributed by atoms with Gasteiger partial charge in [-0.1, -0.05) is 6.07 Å². The highest BCUT2D eigenvalue weighted by atomic mass is 15.2. The van der Waals surface area contributed by atoms with E-state index in [2.05, 4.69) is 26.9 Å². The van der Waals surface area contributed by atoms with E-state index in [-0.39, 0.29) is 0 Å². The van der Waals surface area contributed by atoms with Gasteiger partial charge in [-0.25, -0.2) is 4.99 Å². The summed E-state index contributed by atoms with van der Waals surface area (Å²) in [6.07, 6.45) is 2.72. The molecule has 0 amide bonds. The molecule has 0 unspecified atom stereocenters. The third kappa shape index (κ3) is 2.48. The molecule has 0 aromatic carbocycles. The minimum atomic E-state index is 0.349. The van der Waals surface area contributed by atoms with Crippen LogP contribution in [0.1, 0.15) is 5.69 Å². The van der Waals surface area contributed by atoms with Gasteiger partial charge >= 0.3 is 0 Å². The lowest BCUT2D eigenvalue weighted by Gasteiger charge is -1.94. The maximum absolute atomic E-state index is 5.03. The van der Waals surface area contributed by atoms with E-state index in [0.717, 1.165) is 6.34 Å². The molecule has 1 aromatic rings. The van der Waals surface area contributed by atoms with Crippen LogP contribution < -0.4 is 5.73 Å². The summed E-state index contributed by atoms with van der Waals surface area (Å²) in [6, 6.07) is 5.39. The molecule has 5 heteroatoms. The fourth-order valence-corrected chi connectivity index (χ4v) is 0.747. The van der Waals surface area contributed by atoms with Gasteiger partial charge in [-0.2, -0.15) is 0 Å². The molecule has 13 heavy (non-hydrogen) atoms. The van der Waals surface area contributed by atoms with Gasteiger partial charge in [-0.05, 0) is 18.9 Å². The number of nitrogens with zero attached hydrogens (tertiary/aromatic N) is 4. The second-order valence-corrected chi connectivity index (χ2v) is 2.06. The van der Waals surface area contributed by atoms with Gasteiger partial charge in [-0.3, -0.25) is 4.98 Å². The Hall–Kier alpha value is -2.04. The van der Waals surface area contributed by atoms with E-state index >= 15 is 0 Å². The van der Waals surface area contributed by atoms with Crippen molar-refractivity contribution >= 4 is 18.9 Å². The minimum absolute atomic E-state index is 0.349. The average molecular weight is 175 g/mol. The monoisotopic (exact) mass is 175 g/mol. The Labute approximate surface area is 75.7 Å². The zero-order chi connectivity index (χ0) is 9.52. The summed E-state index contributed by atoms with van der Waals surface area (Å²) >= 11 is 0. The minimum Gasteiger partial charge on any atom is -0.388 e.